The molecule has 0 aliphatic heterocycles. The number of fused-ring (bicyclic) bond motifs is 1. The van der Waals surface area contributed by atoms with Crippen molar-refractivity contribution in [2.45, 2.75) is 26.8 Å². The number of para-hydroxylation sites is 1. The molecule has 3 heteroatoms. The fourth-order valence-corrected chi connectivity index (χ4v) is 1.98. The van der Waals surface area contributed by atoms with Gasteiger partial charge in [0.2, 0.25) is 5.88 Å². The smallest absolute Gasteiger partial charge is 0.218 e. The predicted molar refractivity (Wildman–Crippen MR) is 79.5 cm³/mol. The van der Waals surface area contributed by atoms with E-state index in [4.69, 9.17) is 4.74 Å². The molecule has 0 aliphatic carbocycles. The van der Waals surface area contributed by atoms with Crippen molar-refractivity contribution in [3.63, 3.8) is 0 Å². The molecule has 0 saturated heterocycles. The van der Waals surface area contributed by atoms with Gasteiger partial charge in [0.25, 0.3) is 0 Å². The third-order valence-corrected chi connectivity index (χ3v) is 3.06. The first kappa shape index (κ1) is 13.8. The quantitative estimate of drug-likeness (QED) is 0.862. The van der Waals surface area contributed by atoms with Gasteiger partial charge in [-0.15, -0.1) is 0 Å². The lowest BCUT2D eigenvalue weighted by Gasteiger charge is -2.12. The third-order valence-electron chi connectivity index (χ3n) is 3.06. The maximum absolute atomic E-state index is 5.86. The number of benzene rings is 1. The third kappa shape index (κ3) is 3.67. The number of rotatable bonds is 6. The highest BCUT2D eigenvalue weighted by atomic mass is 16.5. The lowest BCUT2D eigenvalue weighted by molar-refractivity contribution is 0.277. The molecule has 19 heavy (non-hydrogen) atoms. The summed E-state index contributed by atoms with van der Waals surface area (Å²) < 4.78 is 5.86. The molecule has 0 amide bonds. The standard InChI is InChI=1S/C16H22N2O/c1-12(2)8-9-19-16-14(11-17-3)10-13-6-4-5-7-15(13)18-16/h4-7,10,12,17H,8-9,11H2,1-3H3. The molecule has 0 atom stereocenters. The van der Waals surface area contributed by atoms with Gasteiger partial charge >= 0.3 is 0 Å². The van der Waals surface area contributed by atoms with Gasteiger partial charge < -0.3 is 10.1 Å². The highest BCUT2D eigenvalue weighted by molar-refractivity contribution is 5.80. The predicted octanol–water partition coefficient (Wildman–Crippen LogP) is 3.38. The van der Waals surface area contributed by atoms with Crippen LogP contribution in [0, 0.1) is 5.92 Å². The Morgan fingerprint density at radius 3 is 2.79 bits per heavy atom. The van der Waals surface area contributed by atoms with E-state index < -0.39 is 0 Å². The molecule has 0 spiro atoms. The van der Waals surface area contributed by atoms with E-state index in [1.54, 1.807) is 0 Å². The van der Waals surface area contributed by atoms with Crippen LogP contribution in [0.15, 0.2) is 30.3 Å². The first-order valence-electron chi connectivity index (χ1n) is 6.86. The van der Waals surface area contributed by atoms with Gasteiger partial charge in [0.15, 0.2) is 0 Å². The van der Waals surface area contributed by atoms with Crippen LogP contribution in [0.25, 0.3) is 10.9 Å². The minimum Gasteiger partial charge on any atom is -0.477 e. The van der Waals surface area contributed by atoms with Crippen molar-refractivity contribution in [1.29, 1.82) is 0 Å². The maximum atomic E-state index is 5.86. The normalized spacial score (nSPS) is 11.2. The van der Waals surface area contributed by atoms with Crippen molar-refractivity contribution in [3.8, 4) is 5.88 Å². The molecular formula is C16H22N2O. The van der Waals surface area contributed by atoms with Gasteiger partial charge in [0.1, 0.15) is 0 Å². The number of ether oxygens (including phenoxy) is 1. The van der Waals surface area contributed by atoms with Crippen LogP contribution < -0.4 is 10.1 Å². The van der Waals surface area contributed by atoms with Crippen molar-refractivity contribution in [1.82, 2.24) is 10.3 Å². The first-order chi connectivity index (χ1) is 9.20. The summed E-state index contributed by atoms with van der Waals surface area (Å²) >= 11 is 0. The monoisotopic (exact) mass is 258 g/mol. The SMILES string of the molecule is CNCc1cc2ccccc2nc1OCCC(C)C. The van der Waals surface area contributed by atoms with Crippen LogP contribution in [-0.4, -0.2) is 18.6 Å². The van der Waals surface area contributed by atoms with E-state index in [2.05, 4.69) is 36.3 Å². The van der Waals surface area contributed by atoms with E-state index >= 15 is 0 Å². The van der Waals surface area contributed by atoms with Crippen LogP contribution in [-0.2, 0) is 6.54 Å². The van der Waals surface area contributed by atoms with E-state index in [1.807, 2.05) is 25.2 Å². The summed E-state index contributed by atoms with van der Waals surface area (Å²) in [4.78, 5) is 4.63. The Kier molecular flexibility index (Phi) is 4.74. The topological polar surface area (TPSA) is 34.2 Å². The zero-order valence-corrected chi connectivity index (χ0v) is 11.9. The van der Waals surface area contributed by atoms with Crippen molar-refractivity contribution in [2.24, 2.45) is 5.92 Å². The van der Waals surface area contributed by atoms with Crippen LogP contribution in [0.1, 0.15) is 25.8 Å². The minimum absolute atomic E-state index is 0.646. The number of hydrogen-bond acceptors (Lipinski definition) is 3. The summed E-state index contributed by atoms with van der Waals surface area (Å²) in [6.07, 6.45) is 1.05. The zero-order chi connectivity index (χ0) is 13.7. The highest BCUT2D eigenvalue weighted by Crippen LogP contribution is 2.22. The van der Waals surface area contributed by atoms with Gasteiger partial charge in [-0.05, 0) is 31.5 Å². The van der Waals surface area contributed by atoms with E-state index in [0.29, 0.717) is 5.92 Å². The van der Waals surface area contributed by atoms with Crippen molar-refractivity contribution >= 4 is 10.9 Å². The summed E-state index contributed by atoms with van der Waals surface area (Å²) in [5.41, 5.74) is 2.10. The molecule has 0 bridgehead atoms. The number of aromatic nitrogens is 1. The van der Waals surface area contributed by atoms with Gasteiger partial charge in [-0.25, -0.2) is 4.98 Å². The van der Waals surface area contributed by atoms with Crippen molar-refractivity contribution in [2.75, 3.05) is 13.7 Å². The van der Waals surface area contributed by atoms with Crippen LogP contribution >= 0.6 is 0 Å². The molecule has 0 radical (unpaired) electrons. The van der Waals surface area contributed by atoms with Crippen molar-refractivity contribution in [3.05, 3.63) is 35.9 Å². The molecule has 0 fully saturated rings. The van der Waals surface area contributed by atoms with E-state index in [-0.39, 0.29) is 0 Å². The number of pyridine rings is 1. The maximum Gasteiger partial charge on any atom is 0.218 e. The molecule has 0 saturated carbocycles. The summed E-state index contributed by atoms with van der Waals surface area (Å²) in [7, 11) is 1.94. The Hall–Kier alpha value is -1.61. The first-order valence-corrected chi connectivity index (χ1v) is 6.86. The van der Waals surface area contributed by atoms with Crippen LogP contribution in [0.3, 0.4) is 0 Å². The average molecular weight is 258 g/mol. The molecule has 0 aliphatic rings. The highest BCUT2D eigenvalue weighted by Gasteiger charge is 2.08. The van der Waals surface area contributed by atoms with Gasteiger partial charge in [-0.2, -0.15) is 0 Å². The zero-order valence-electron chi connectivity index (χ0n) is 11.9. The summed E-state index contributed by atoms with van der Waals surface area (Å²) in [5.74, 6) is 1.40. The van der Waals surface area contributed by atoms with E-state index in [1.165, 1.54) is 0 Å². The Labute approximate surface area is 115 Å². The van der Waals surface area contributed by atoms with Gasteiger partial charge in [-0.1, -0.05) is 32.0 Å². The molecular weight excluding hydrogens is 236 g/mol. The summed E-state index contributed by atoms with van der Waals surface area (Å²) in [5, 5.41) is 4.32. The fourth-order valence-electron chi connectivity index (χ4n) is 1.98. The van der Waals surface area contributed by atoms with Crippen LogP contribution in [0.2, 0.25) is 0 Å². The van der Waals surface area contributed by atoms with Gasteiger partial charge in [-0.3, -0.25) is 0 Å². The molecule has 1 aromatic heterocycles. The second-order valence-electron chi connectivity index (χ2n) is 5.21. The second kappa shape index (κ2) is 6.53. The minimum atomic E-state index is 0.646. The molecule has 2 rings (SSSR count). The molecule has 3 nitrogen and oxygen atoms in total. The lowest BCUT2D eigenvalue weighted by Crippen LogP contribution is -2.10. The fraction of sp³-hybridized carbons (Fsp3) is 0.438. The van der Waals surface area contributed by atoms with Crippen molar-refractivity contribution < 1.29 is 4.74 Å². The van der Waals surface area contributed by atoms with Gasteiger partial charge in [0.05, 0.1) is 12.1 Å². The summed E-state index contributed by atoms with van der Waals surface area (Å²) in [6, 6.07) is 10.3. The molecule has 0 unspecified atom stereocenters. The molecule has 1 aromatic carbocycles. The van der Waals surface area contributed by atoms with E-state index in [0.717, 1.165) is 41.9 Å². The number of nitrogens with zero attached hydrogens (tertiary/aromatic N) is 1. The Morgan fingerprint density at radius 2 is 2.05 bits per heavy atom. The average Bonchev–Trinajstić information content (AvgIpc) is 2.39. The molecule has 1 N–H and O–H groups in total. The number of nitrogens with one attached hydrogen (secondary N) is 1. The largest absolute Gasteiger partial charge is 0.477 e. The number of hydrogen-bond donors (Lipinski definition) is 1. The Bertz CT molecular complexity index is 537. The van der Waals surface area contributed by atoms with Crippen LogP contribution in [0.5, 0.6) is 5.88 Å². The summed E-state index contributed by atoms with van der Waals surface area (Å²) in [6.45, 7) is 5.89. The molecule has 102 valence electrons. The Morgan fingerprint density at radius 1 is 1.26 bits per heavy atom. The Balaban J connectivity index is 2.25. The van der Waals surface area contributed by atoms with E-state index in [9.17, 15) is 0 Å². The lowest BCUT2D eigenvalue weighted by atomic mass is 10.1. The molecule has 1 heterocycles. The second-order valence-corrected chi connectivity index (χ2v) is 5.21. The van der Waals surface area contributed by atoms with Gasteiger partial charge in [0, 0.05) is 17.5 Å². The molecule has 2 aromatic rings. The van der Waals surface area contributed by atoms with Crippen LogP contribution in [0.4, 0.5) is 0 Å².